The molecule has 7 heteroatoms. The highest BCUT2D eigenvalue weighted by molar-refractivity contribution is 6.07. The van der Waals surface area contributed by atoms with E-state index in [2.05, 4.69) is 5.32 Å². The quantitative estimate of drug-likeness (QED) is 0.596. The lowest BCUT2D eigenvalue weighted by Crippen LogP contribution is -2.38. The summed E-state index contributed by atoms with van der Waals surface area (Å²) in [5.41, 5.74) is 1.77. The van der Waals surface area contributed by atoms with Gasteiger partial charge in [-0.25, -0.2) is 0 Å². The molecule has 4 rings (SSSR count). The monoisotopic (exact) mass is 384 g/mol. The molecular formula is C21H24N2O5. The molecule has 7 nitrogen and oxygen atoms in total. The number of hydrogen-bond acceptors (Lipinski definition) is 5. The van der Waals surface area contributed by atoms with Crippen molar-refractivity contribution in [1.82, 2.24) is 4.90 Å². The Morgan fingerprint density at radius 1 is 1.07 bits per heavy atom. The third kappa shape index (κ3) is 3.30. The van der Waals surface area contributed by atoms with Crippen LogP contribution in [0.4, 0.5) is 5.69 Å². The molecule has 0 spiro atoms. The standard InChI is InChI=1S/C21H24N2O5/c1-2-12-3-7-15(8-4-12)22-16(24)11-28-17(25)10-23-20(26)18-13-5-6-14(9-13)19(18)21(23)27/h3-4,7-8,13-14,18-19H,2,5-6,9-11H2,1H3,(H,22,24)/t13-,14+,18-,19-/m0/s1. The van der Waals surface area contributed by atoms with E-state index >= 15 is 0 Å². The van der Waals surface area contributed by atoms with Crippen molar-refractivity contribution in [3.63, 3.8) is 0 Å². The van der Waals surface area contributed by atoms with Crippen LogP contribution < -0.4 is 5.32 Å². The largest absolute Gasteiger partial charge is 0.454 e. The van der Waals surface area contributed by atoms with Crippen LogP contribution in [0, 0.1) is 23.7 Å². The molecule has 3 aliphatic rings. The van der Waals surface area contributed by atoms with Gasteiger partial charge in [-0.1, -0.05) is 19.1 Å². The number of anilines is 1. The molecule has 0 radical (unpaired) electrons. The molecule has 2 aliphatic carbocycles. The number of carbonyl (C=O) groups excluding carboxylic acids is 4. The number of fused-ring (bicyclic) bond motifs is 5. The van der Waals surface area contributed by atoms with Crippen LogP contribution in [-0.2, 0) is 30.3 Å². The Morgan fingerprint density at radius 3 is 2.25 bits per heavy atom. The fourth-order valence-electron chi connectivity index (χ4n) is 4.97. The fourth-order valence-corrected chi connectivity index (χ4v) is 4.97. The van der Waals surface area contributed by atoms with Gasteiger partial charge in [-0.05, 0) is 55.2 Å². The lowest BCUT2D eigenvalue weighted by Gasteiger charge is -2.19. The first-order valence-electron chi connectivity index (χ1n) is 9.87. The fraction of sp³-hybridized carbons (Fsp3) is 0.524. The Hall–Kier alpha value is -2.70. The molecule has 3 amide bonds. The maximum atomic E-state index is 12.6. The Kier molecular flexibility index (Phi) is 4.91. The van der Waals surface area contributed by atoms with Crippen molar-refractivity contribution in [2.45, 2.75) is 32.6 Å². The van der Waals surface area contributed by atoms with Crippen molar-refractivity contribution in [1.29, 1.82) is 0 Å². The van der Waals surface area contributed by atoms with Crippen LogP contribution >= 0.6 is 0 Å². The lowest BCUT2D eigenvalue weighted by atomic mass is 9.81. The summed E-state index contributed by atoms with van der Waals surface area (Å²) in [6.07, 6.45) is 3.83. The van der Waals surface area contributed by atoms with Gasteiger partial charge in [-0.3, -0.25) is 24.1 Å². The van der Waals surface area contributed by atoms with E-state index in [1.807, 2.05) is 19.1 Å². The molecule has 2 saturated carbocycles. The minimum atomic E-state index is -0.745. The molecule has 1 heterocycles. The molecule has 0 aromatic heterocycles. The van der Waals surface area contributed by atoms with Crippen molar-refractivity contribution in [3.8, 4) is 0 Å². The molecule has 1 aromatic carbocycles. The summed E-state index contributed by atoms with van der Waals surface area (Å²) in [6, 6.07) is 7.40. The lowest BCUT2D eigenvalue weighted by molar-refractivity contribution is -0.154. The average molecular weight is 384 g/mol. The highest BCUT2D eigenvalue weighted by atomic mass is 16.5. The van der Waals surface area contributed by atoms with Gasteiger partial charge in [0.2, 0.25) is 11.8 Å². The number of nitrogens with one attached hydrogen (secondary N) is 1. The second-order valence-electron chi connectivity index (χ2n) is 7.91. The van der Waals surface area contributed by atoms with Crippen LogP contribution in [0.3, 0.4) is 0 Å². The second kappa shape index (κ2) is 7.37. The predicted octanol–water partition coefficient (Wildman–Crippen LogP) is 1.76. The first-order chi connectivity index (χ1) is 13.5. The maximum Gasteiger partial charge on any atom is 0.326 e. The van der Waals surface area contributed by atoms with Gasteiger partial charge in [0.1, 0.15) is 6.54 Å². The molecule has 1 aliphatic heterocycles. The highest BCUT2D eigenvalue weighted by Gasteiger charge is 2.61. The van der Waals surface area contributed by atoms with Crippen molar-refractivity contribution < 1.29 is 23.9 Å². The average Bonchev–Trinajstić information content (AvgIpc) is 3.37. The summed E-state index contributed by atoms with van der Waals surface area (Å²) in [6.45, 7) is 1.17. The number of ether oxygens (including phenoxy) is 1. The van der Waals surface area contributed by atoms with Gasteiger partial charge in [0.15, 0.2) is 6.61 Å². The number of imide groups is 1. The molecule has 1 saturated heterocycles. The van der Waals surface area contributed by atoms with Crippen molar-refractivity contribution in [2.75, 3.05) is 18.5 Å². The molecule has 28 heavy (non-hydrogen) atoms. The number of carbonyl (C=O) groups is 4. The van der Waals surface area contributed by atoms with Crippen LogP contribution in [-0.4, -0.2) is 41.7 Å². The van der Waals surface area contributed by atoms with Crippen molar-refractivity contribution in [3.05, 3.63) is 29.8 Å². The molecule has 2 bridgehead atoms. The maximum absolute atomic E-state index is 12.6. The topological polar surface area (TPSA) is 92.8 Å². The number of nitrogens with zero attached hydrogens (tertiary/aromatic N) is 1. The number of likely N-dealkylation sites (tertiary alicyclic amines) is 1. The van der Waals surface area contributed by atoms with Gasteiger partial charge >= 0.3 is 5.97 Å². The Morgan fingerprint density at radius 2 is 1.68 bits per heavy atom. The van der Waals surface area contributed by atoms with Gasteiger partial charge in [0, 0.05) is 5.69 Å². The van der Waals surface area contributed by atoms with Gasteiger partial charge in [-0.2, -0.15) is 0 Å². The minimum absolute atomic E-state index is 0.250. The van der Waals surface area contributed by atoms with E-state index in [0.717, 1.165) is 36.1 Å². The van der Waals surface area contributed by atoms with E-state index in [9.17, 15) is 19.2 Å². The third-order valence-corrected chi connectivity index (χ3v) is 6.32. The summed E-state index contributed by atoms with van der Waals surface area (Å²) in [7, 11) is 0. The Bertz CT molecular complexity index is 791. The van der Waals surface area contributed by atoms with E-state index in [0.29, 0.717) is 5.69 Å². The Labute approximate surface area is 163 Å². The first kappa shape index (κ1) is 18.7. The number of amides is 3. The zero-order valence-corrected chi connectivity index (χ0v) is 15.8. The summed E-state index contributed by atoms with van der Waals surface area (Å²) in [4.78, 5) is 50.2. The smallest absolute Gasteiger partial charge is 0.326 e. The van der Waals surface area contributed by atoms with Gasteiger partial charge in [-0.15, -0.1) is 0 Å². The van der Waals surface area contributed by atoms with E-state index in [4.69, 9.17) is 4.74 Å². The molecule has 3 fully saturated rings. The summed E-state index contributed by atoms with van der Waals surface area (Å²) in [5.74, 6) is -1.67. The van der Waals surface area contributed by atoms with Gasteiger partial charge in [0.25, 0.3) is 5.91 Å². The van der Waals surface area contributed by atoms with Crippen LogP contribution in [0.15, 0.2) is 24.3 Å². The summed E-state index contributed by atoms with van der Waals surface area (Å²) >= 11 is 0. The molecule has 4 atom stereocenters. The molecule has 148 valence electrons. The van der Waals surface area contributed by atoms with E-state index in [-0.39, 0.29) is 35.5 Å². The molecule has 1 N–H and O–H groups in total. The van der Waals surface area contributed by atoms with Gasteiger partial charge in [0.05, 0.1) is 11.8 Å². The van der Waals surface area contributed by atoms with E-state index in [1.165, 1.54) is 0 Å². The zero-order chi connectivity index (χ0) is 19.8. The van der Waals surface area contributed by atoms with Gasteiger partial charge < -0.3 is 10.1 Å². The summed E-state index contributed by atoms with van der Waals surface area (Å²) in [5, 5.41) is 2.65. The molecule has 1 aromatic rings. The number of benzene rings is 1. The molecule has 0 unspecified atom stereocenters. The third-order valence-electron chi connectivity index (χ3n) is 6.32. The van der Waals surface area contributed by atoms with Crippen LogP contribution in [0.25, 0.3) is 0 Å². The first-order valence-corrected chi connectivity index (χ1v) is 9.87. The number of aryl methyl sites for hydroxylation is 1. The van der Waals surface area contributed by atoms with E-state index in [1.54, 1.807) is 12.1 Å². The van der Waals surface area contributed by atoms with Crippen LogP contribution in [0.2, 0.25) is 0 Å². The predicted molar refractivity (Wildman–Crippen MR) is 99.9 cm³/mol. The van der Waals surface area contributed by atoms with Crippen LogP contribution in [0.1, 0.15) is 31.7 Å². The van der Waals surface area contributed by atoms with Crippen LogP contribution in [0.5, 0.6) is 0 Å². The molecular weight excluding hydrogens is 360 g/mol. The van der Waals surface area contributed by atoms with Crippen molar-refractivity contribution in [2.24, 2.45) is 23.7 Å². The number of hydrogen-bond donors (Lipinski definition) is 1. The van der Waals surface area contributed by atoms with Crippen molar-refractivity contribution >= 4 is 29.4 Å². The minimum Gasteiger partial charge on any atom is -0.454 e. The summed E-state index contributed by atoms with van der Waals surface area (Å²) < 4.78 is 4.97. The SMILES string of the molecule is CCc1ccc(NC(=O)COC(=O)CN2C(=O)[C@H]3[C@@H]4CC[C@@H](C4)[C@@H]3C2=O)cc1. The van der Waals surface area contributed by atoms with E-state index < -0.39 is 25.0 Å². The Balaban J connectivity index is 1.27. The second-order valence-corrected chi connectivity index (χ2v) is 7.91. The number of rotatable bonds is 6. The number of esters is 1. The zero-order valence-electron chi connectivity index (χ0n) is 15.8. The normalized spacial score (nSPS) is 27.8. The highest BCUT2D eigenvalue weighted by Crippen LogP contribution is 2.56.